The molecule has 1 aromatic heterocycles. The number of hydrogen-bond acceptors (Lipinski definition) is 10. The number of aliphatic carboxylic acids is 1. The number of ether oxygens (including phenoxy) is 2. The fourth-order valence-corrected chi connectivity index (χ4v) is 11.7. The number of amides is 1. The molecule has 51 heavy (non-hydrogen) atoms. The van der Waals surface area contributed by atoms with Crippen LogP contribution >= 0.6 is 0 Å². The molecule has 4 saturated carbocycles. The number of rotatable bonds is 7. The Morgan fingerprint density at radius 2 is 1.63 bits per heavy atom. The molecule has 5 aliphatic carbocycles. The van der Waals surface area contributed by atoms with Gasteiger partial charge in [0.25, 0.3) is 0 Å². The second-order valence-electron chi connectivity index (χ2n) is 17.8. The van der Waals surface area contributed by atoms with Gasteiger partial charge in [-0.3, -0.25) is 24.0 Å². The van der Waals surface area contributed by atoms with E-state index in [2.05, 4.69) is 33.0 Å². The predicted octanol–water partition coefficient (Wildman–Crippen LogP) is 5.68. The first kappa shape index (κ1) is 37.1. The third-order valence-corrected chi connectivity index (χ3v) is 15.1. The number of allylic oxidation sites excluding steroid dienone is 2. The zero-order valence-corrected chi connectivity index (χ0v) is 31.2. The van der Waals surface area contributed by atoms with Gasteiger partial charge in [0.1, 0.15) is 18.1 Å². The highest BCUT2D eigenvalue weighted by atomic mass is 16.6. The van der Waals surface area contributed by atoms with Crippen LogP contribution in [0.4, 0.5) is 0 Å². The third kappa shape index (κ3) is 5.52. The highest BCUT2D eigenvalue weighted by molar-refractivity contribution is 5.96. The normalized spacial score (nSPS) is 41.5. The second-order valence-corrected chi connectivity index (χ2v) is 17.8. The summed E-state index contributed by atoms with van der Waals surface area (Å²) < 4.78 is 21.8. The summed E-state index contributed by atoms with van der Waals surface area (Å²) in [4.78, 5) is 77.9. The highest BCUT2D eigenvalue weighted by Gasteiger charge is 2.72. The molecule has 280 valence electrons. The van der Waals surface area contributed by atoms with E-state index < -0.39 is 69.2 Å². The molecule has 0 radical (unpaired) electrons. The van der Waals surface area contributed by atoms with Crippen molar-refractivity contribution in [2.75, 3.05) is 6.54 Å². The van der Waals surface area contributed by atoms with E-state index in [4.69, 9.17) is 18.3 Å². The number of carbonyl (C=O) groups is 5. The minimum Gasteiger partial charge on any atom is -0.481 e. The Labute approximate surface area is 298 Å². The molecule has 12 heteroatoms. The molecule has 1 heterocycles. The number of carboxylic acids is 1. The van der Waals surface area contributed by atoms with Gasteiger partial charge in [-0.25, -0.2) is 4.79 Å². The van der Waals surface area contributed by atoms with Gasteiger partial charge in [-0.05, 0) is 118 Å². The molecule has 10 atom stereocenters. The standard InChI is InChI=1S/C39H53NO11/c1-21-26(50-33(47)49-21)20-48-32(46)39(8)27-9-12-38(7)30(36(27,5)11-10-28(39)51-29(43)19-40-22(2)41)25(42)17-23-24-18-35(4,31(44)45)14-13-34(24,3)15-16-37(23,38)6/h17,24,27-28,30H,9-16,18-20H2,1-8H3,(H,40,41)(H,44,45)/t24-,27+,28-,30+,34+,35-,36-,37+,38+,39-/m0/s1. The van der Waals surface area contributed by atoms with Crippen LogP contribution < -0.4 is 11.1 Å². The molecule has 6 rings (SSSR count). The van der Waals surface area contributed by atoms with E-state index in [1.807, 2.05) is 13.0 Å². The maximum Gasteiger partial charge on any atom is 0.519 e. The van der Waals surface area contributed by atoms with Gasteiger partial charge < -0.3 is 28.7 Å². The number of carbonyl (C=O) groups excluding carboxylic acids is 4. The lowest BCUT2D eigenvalue weighted by molar-refractivity contribution is -0.224. The minimum atomic E-state index is -1.39. The molecule has 0 bridgehead atoms. The Morgan fingerprint density at radius 3 is 2.25 bits per heavy atom. The summed E-state index contributed by atoms with van der Waals surface area (Å²) in [6.45, 7) is 14.5. The first-order valence-corrected chi connectivity index (χ1v) is 18.3. The summed E-state index contributed by atoms with van der Waals surface area (Å²) in [5.41, 5.74) is -2.77. The van der Waals surface area contributed by atoms with Gasteiger partial charge in [-0.1, -0.05) is 33.3 Å². The van der Waals surface area contributed by atoms with Gasteiger partial charge in [0.15, 0.2) is 23.9 Å². The molecular weight excluding hydrogens is 658 g/mol. The number of nitrogens with one attached hydrogen (secondary N) is 1. The predicted molar refractivity (Wildman–Crippen MR) is 182 cm³/mol. The molecule has 2 N–H and O–H groups in total. The lowest BCUT2D eigenvalue weighted by Crippen LogP contribution is -2.68. The Kier molecular flexibility index (Phi) is 8.86. The van der Waals surface area contributed by atoms with Gasteiger partial charge in [0.2, 0.25) is 5.91 Å². The van der Waals surface area contributed by atoms with Crippen LogP contribution in [0.25, 0.3) is 0 Å². The highest BCUT2D eigenvalue weighted by Crippen LogP contribution is 2.75. The Hall–Kier alpha value is -3.70. The van der Waals surface area contributed by atoms with Crippen LogP contribution in [-0.2, 0) is 40.1 Å². The molecule has 4 fully saturated rings. The number of hydrogen-bond donors (Lipinski definition) is 2. The third-order valence-electron chi connectivity index (χ3n) is 15.1. The summed E-state index contributed by atoms with van der Waals surface area (Å²) >= 11 is 0. The SMILES string of the molecule is CC(=O)NCC(=O)O[C@H]1CC[C@@]2(C)[C@@H](CC[C@]3(C)[C@@H]2C(=O)C=C2[C@@H]4C[C@@](C)(C(=O)O)CC[C@]4(C)CC[C@]23C)[C@]1(C)C(=O)OCc1oc(=O)oc1C. The summed E-state index contributed by atoms with van der Waals surface area (Å²) in [5, 5.41) is 12.7. The van der Waals surface area contributed by atoms with Crippen LogP contribution in [0.15, 0.2) is 25.3 Å². The maximum atomic E-state index is 14.8. The average Bonchev–Trinajstić information content (AvgIpc) is 3.38. The van der Waals surface area contributed by atoms with Gasteiger partial charge in [-0.15, -0.1) is 0 Å². The van der Waals surface area contributed by atoms with Gasteiger partial charge in [-0.2, -0.15) is 0 Å². The summed E-state index contributed by atoms with van der Waals surface area (Å²) in [7, 11) is 0. The number of ketones is 1. The van der Waals surface area contributed by atoms with Crippen LogP contribution in [-0.4, -0.2) is 47.4 Å². The quantitative estimate of drug-likeness (QED) is 0.333. The zero-order chi connectivity index (χ0) is 37.5. The van der Waals surface area contributed by atoms with E-state index in [1.54, 1.807) is 6.92 Å². The van der Waals surface area contributed by atoms with E-state index in [-0.39, 0.29) is 53.6 Å². The van der Waals surface area contributed by atoms with E-state index in [0.29, 0.717) is 32.1 Å². The molecule has 0 spiro atoms. The molecule has 0 aromatic carbocycles. The smallest absolute Gasteiger partial charge is 0.481 e. The molecular formula is C39H53NO11. The minimum absolute atomic E-state index is 0.0108. The van der Waals surface area contributed by atoms with Gasteiger partial charge in [0, 0.05) is 12.8 Å². The van der Waals surface area contributed by atoms with Crippen molar-refractivity contribution in [3.05, 3.63) is 33.8 Å². The molecule has 1 aromatic rings. The van der Waals surface area contributed by atoms with E-state index in [9.17, 15) is 33.9 Å². The van der Waals surface area contributed by atoms with E-state index >= 15 is 0 Å². The van der Waals surface area contributed by atoms with E-state index in [1.165, 1.54) is 13.8 Å². The van der Waals surface area contributed by atoms with Gasteiger partial charge in [0.05, 0.1) is 5.41 Å². The molecule has 12 nitrogen and oxygen atoms in total. The second kappa shape index (κ2) is 12.2. The first-order chi connectivity index (χ1) is 23.6. The Balaban J connectivity index is 1.38. The van der Waals surface area contributed by atoms with Crippen LogP contribution in [0.3, 0.4) is 0 Å². The number of aryl methyl sites for hydroxylation is 1. The van der Waals surface area contributed by atoms with Crippen molar-refractivity contribution in [1.82, 2.24) is 5.32 Å². The van der Waals surface area contributed by atoms with E-state index in [0.717, 1.165) is 24.8 Å². The van der Waals surface area contributed by atoms with Crippen molar-refractivity contribution in [2.45, 2.75) is 126 Å². The molecule has 0 aliphatic heterocycles. The van der Waals surface area contributed by atoms with Crippen LogP contribution in [0, 0.1) is 57.2 Å². The fraction of sp³-hybridized carbons (Fsp3) is 0.744. The molecule has 5 aliphatic rings. The maximum absolute atomic E-state index is 14.8. The van der Waals surface area contributed by atoms with Crippen LogP contribution in [0.2, 0.25) is 0 Å². The topological polar surface area (TPSA) is 179 Å². The number of esters is 2. The van der Waals surface area contributed by atoms with Gasteiger partial charge >= 0.3 is 23.7 Å². The Morgan fingerprint density at radius 1 is 0.941 bits per heavy atom. The summed E-state index contributed by atoms with van der Waals surface area (Å²) in [5.74, 6) is -4.05. The number of carboxylic acid groups (broad SMARTS) is 1. The lowest BCUT2D eigenvalue weighted by Gasteiger charge is -2.70. The Bertz CT molecular complexity index is 1760. The van der Waals surface area contributed by atoms with Crippen molar-refractivity contribution in [3.63, 3.8) is 0 Å². The average molecular weight is 712 g/mol. The van der Waals surface area contributed by atoms with Crippen LogP contribution in [0.5, 0.6) is 0 Å². The fourth-order valence-electron chi connectivity index (χ4n) is 11.7. The van der Waals surface area contributed by atoms with Crippen molar-refractivity contribution in [3.8, 4) is 0 Å². The summed E-state index contributed by atoms with van der Waals surface area (Å²) in [6, 6.07) is 0. The van der Waals surface area contributed by atoms with Crippen LogP contribution in [0.1, 0.15) is 118 Å². The van der Waals surface area contributed by atoms with Crippen molar-refractivity contribution in [2.24, 2.45) is 50.2 Å². The zero-order valence-electron chi connectivity index (χ0n) is 31.2. The van der Waals surface area contributed by atoms with Crippen molar-refractivity contribution in [1.29, 1.82) is 0 Å². The van der Waals surface area contributed by atoms with Crippen molar-refractivity contribution < 1.29 is 47.4 Å². The summed E-state index contributed by atoms with van der Waals surface area (Å²) in [6.07, 6.45) is 6.67. The molecule has 0 unspecified atom stereocenters. The van der Waals surface area contributed by atoms with Crippen molar-refractivity contribution >= 4 is 29.6 Å². The monoisotopic (exact) mass is 711 g/mol. The lowest BCUT2D eigenvalue weighted by atomic mass is 9.33. The first-order valence-electron chi connectivity index (χ1n) is 18.3. The molecule has 1 amide bonds. The number of fused-ring (bicyclic) bond motifs is 7. The molecule has 0 saturated heterocycles. The largest absolute Gasteiger partial charge is 0.519 e.